The zero-order chi connectivity index (χ0) is 13.0. The van der Waals surface area contributed by atoms with Gasteiger partial charge in [-0.1, -0.05) is 25.1 Å². The van der Waals surface area contributed by atoms with Crippen molar-refractivity contribution in [3.05, 3.63) is 29.8 Å². The summed E-state index contributed by atoms with van der Waals surface area (Å²) < 4.78 is 0. The number of aryl methyl sites for hydroxylation is 1. The maximum Gasteiger partial charge on any atom is 0.173 e. The molecular formula is C15H22N2S. The molecule has 0 bridgehead atoms. The van der Waals surface area contributed by atoms with E-state index in [1.54, 1.807) is 0 Å². The smallest absolute Gasteiger partial charge is 0.173 e. The van der Waals surface area contributed by atoms with Crippen molar-refractivity contribution >= 4 is 23.0 Å². The van der Waals surface area contributed by atoms with Crippen LogP contribution in [0.3, 0.4) is 0 Å². The van der Waals surface area contributed by atoms with Crippen LogP contribution in [-0.2, 0) is 6.42 Å². The summed E-state index contributed by atoms with van der Waals surface area (Å²) in [6.07, 6.45) is 4.85. The molecule has 3 heteroatoms. The van der Waals surface area contributed by atoms with E-state index in [0.717, 1.165) is 23.8 Å². The van der Waals surface area contributed by atoms with Crippen molar-refractivity contribution in [2.45, 2.75) is 45.6 Å². The number of piperidine rings is 1. The molecule has 0 saturated carbocycles. The molecule has 2 rings (SSSR count). The van der Waals surface area contributed by atoms with Crippen molar-refractivity contribution in [3.63, 3.8) is 0 Å². The second kappa shape index (κ2) is 6.19. The molecule has 1 aliphatic heterocycles. The van der Waals surface area contributed by atoms with Gasteiger partial charge in [0.05, 0.1) is 0 Å². The van der Waals surface area contributed by atoms with Gasteiger partial charge in [-0.15, -0.1) is 0 Å². The van der Waals surface area contributed by atoms with Crippen LogP contribution in [0.5, 0.6) is 0 Å². The lowest BCUT2D eigenvalue weighted by molar-refractivity contribution is 0.262. The summed E-state index contributed by atoms with van der Waals surface area (Å²) >= 11 is 5.56. The highest BCUT2D eigenvalue weighted by molar-refractivity contribution is 7.80. The number of hydrogen-bond acceptors (Lipinski definition) is 1. The molecule has 0 aromatic heterocycles. The molecule has 0 aliphatic carbocycles. The summed E-state index contributed by atoms with van der Waals surface area (Å²) in [5, 5.41) is 4.30. The van der Waals surface area contributed by atoms with Crippen molar-refractivity contribution in [1.82, 2.24) is 4.90 Å². The van der Waals surface area contributed by atoms with Crippen LogP contribution in [0.4, 0.5) is 5.69 Å². The van der Waals surface area contributed by atoms with Gasteiger partial charge in [0.25, 0.3) is 0 Å². The lowest BCUT2D eigenvalue weighted by Crippen LogP contribution is -2.44. The zero-order valence-corrected chi connectivity index (χ0v) is 12.1. The average Bonchev–Trinajstić information content (AvgIpc) is 2.39. The van der Waals surface area contributed by atoms with Crippen molar-refractivity contribution in [2.24, 2.45) is 0 Å². The largest absolute Gasteiger partial charge is 0.346 e. The molecule has 0 radical (unpaired) electrons. The Morgan fingerprint density at radius 2 is 2.17 bits per heavy atom. The predicted molar refractivity (Wildman–Crippen MR) is 82.1 cm³/mol. The Morgan fingerprint density at radius 1 is 1.39 bits per heavy atom. The quantitative estimate of drug-likeness (QED) is 0.816. The van der Waals surface area contributed by atoms with Crippen LogP contribution in [0.25, 0.3) is 0 Å². The molecule has 1 heterocycles. The molecule has 1 unspecified atom stereocenters. The first-order valence-electron chi connectivity index (χ1n) is 6.88. The van der Waals surface area contributed by atoms with Gasteiger partial charge in [0.2, 0.25) is 0 Å². The minimum atomic E-state index is 0.563. The molecule has 0 spiro atoms. The van der Waals surface area contributed by atoms with Gasteiger partial charge in [0, 0.05) is 18.3 Å². The minimum absolute atomic E-state index is 0.563. The molecule has 1 N–H and O–H groups in total. The van der Waals surface area contributed by atoms with E-state index in [-0.39, 0.29) is 0 Å². The van der Waals surface area contributed by atoms with E-state index in [2.05, 4.69) is 48.3 Å². The number of thiocarbonyl (C=S) groups is 1. The molecule has 2 nitrogen and oxygen atoms in total. The fourth-order valence-corrected chi connectivity index (χ4v) is 2.92. The third kappa shape index (κ3) is 3.02. The molecule has 1 aromatic rings. The predicted octanol–water partition coefficient (Wildman–Crippen LogP) is 3.82. The normalized spacial score (nSPS) is 19.7. The highest BCUT2D eigenvalue weighted by Gasteiger charge is 2.20. The summed E-state index contributed by atoms with van der Waals surface area (Å²) in [6, 6.07) is 8.97. The zero-order valence-electron chi connectivity index (χ0n) is 11.3. The minimum Gasteiger partial charge on any atom is -0.346 e. The highest BCUT2D eigenvalue weighted by atomic mass is 32.1. The van der Waals surface area contributed by atoms with Crippen molar-refractivity contribution in [1.29, 1.82) is 0 Å². The topological polar surface area (TPSA) is 15.3 Å². The number of nitrogens with zero attached hydrogens (tertiary/aromatic N) is 1. The van der Waals surface area contributed by atoms with Crippen LogP contribution in [0.1, 0.15) is 38.7 Å². The first kappa shape index (κ1) is 13.3. The van der Waals surface area contributed by atoms with Crippen LogP contribution in [-0.4, -0.2) is 22.6 Å². The molecule has 1 aliphatic rings. The number of para-hydroxylation sites is 1. The van der Waals surface area contributed by atoms with E-state index in [1.165, 1.54) is 24.8 Å². The number of rotatable bonds is 2. The van der Waals surface area contributed by atoms with Gasteiger partial charge in [-0.05, 0) is 56.5 Å². The van der Waals surface area contributed by atoms with Crippen molar-refractivity contribution in [3.8, 4) is 0 Å². The summed E-state index contributed by atoms with van der Waals surface area (Å²) in [4.78, 5) is 2.32. The molecule has 1 atom stereocenters. The Balaban J connectivity index is 2.06. The maximum absolute atomic E-state index is 5.56. The Labute approximate surface area is 115 Å². The first-order valence-corrected chi connectivity index (χ1v) is 7.28. The lowest BCUT2D eigenvalue weighted by Gasteiger charge is -2.35. The Bertz CT molecular complexity index is 417. The average molecular weight is 262 g/mol. The number of likely N-dealkylation sites (tertiary alicyclic amines) is 1. The molecule has 1 fully saturated rings. The van der Waals surface area contributed by atoms with Gasteiger partial charge < -0.3 is 10.2 Å². The van der Waals surface area contributed by atoms with Crippen LogP contribution in [0, 0.1) is 0 Å². The highest BCUT2D eigenvalue weighted by Crippen LogP contribution is 2.20. The number of benzene rings is 1. The first-order chi connectivity index (χ1) is 8.72. The lowest BCUT2D eigenvalue weighted by atomic mass is 10.0. The summed E-state index contributed by atoms with van der Waals surface area (Å²) in [7, 11) is 0. The molecule has 0 amide bonds. The Hall–Kier alpha value is -1.09. The molecule has 1 saturated heterocycles. The van der Waals surface area contributed by atoms with E-state index in [0.29, 0.717) is 6.04 Å². The fourth-order valence-electron chi connectivity index (χ4n) is 2.54. The van der Waals surface area contributed by atoms with E-state index in [1.807, 2.05) is 0 Å². The summed E-state index contributed by atoms with van der Waals surface area (Å²) in [5.41, 5.74) is 2.48. The molecule has 1 aromatic carbocycles. The summed E-state index contributed by atoms with van der Waals surface area (Å²) in [5.74, 6) is 0. The fraction of sp³-hybridized carbons (Fsp3) is 0.533. The SMILES string of the molecule is CCc1ccccc1NC(=S)N1CCCCC1C. The third-order valence-corrected chi connectivity index (χ3v) is 4.04. The van der Waals surface area contributed by atoms with E-state index >= 15 is 0 Å². The van der Waals surface area contributed by atoms with Crippen LogP contribution in [0.2, 0.25) is 0 Å². The monoisotopic (exact) mass is 262 g/mol. The van der Waals surface area contributed by atoms with Crippen molar-refractivity contribution < 1.29 is 0 Å². The summed E-state index contributed by atoms with van der Waals surface area (Å²) in [6.45, 7) is 5.52. The van der Waals surface area contributed by atoms with Crippen molar-refractivity contribution in [2.75, 3.05) is 11.9 Å². The van der Waals surface area contributed by atoms with E-state index in [4.69, 9.17) is 12.2 Å². The maximum atomic E-state index is 5.56. The standard InChI is InChI=1S/C15H22N2S/c1-3-13-9-4-5-10-14(13)16-15(18)17-11-7-6-8-12(17)2/h4-5,9-10,12H,3,6-8,11H2,1-2H3,(H,16,18). The van der Waals surface area contributed by atoms with Gasteiger partial charge in [-0.25, -0.2) is 0 Å². The Morgan fingerprint density at radius 3 is 2.89 bits per heavy atom. The van der Waals surface area contributed by atoms with Gasteiger partial charge in [0.1, 0.15) is 0 Å². The molecule has 98 valence electrons. The second-order valence-corrected chi connectivity index (χ2v) is 5.37. The third-order valence-electron chi connectivity index (χ3n) is 3.70. The molecular weight excluding hydrogens is 240 g/mol. The van der Waals surface area contributed by atoms with Gasteiger partial charge in [0.15, 0.2) is 5.11 Å². The second-order valence-electron chi connectivity index (χ2n) is 4.98. The van der Waals surface area contributed by atoms with Gasteiger partial charge >= 0.3 is 0 Å². The van der Waals surface area contributed by atoms with E-state index in [9.17, 15) is 0 Å². The van der Waals surface area contributed by atoms with Gasteiger partial charge in [-0.2, -0.15) is 0 Å². The van der Waals surface area contributed by atoms with Crippen LogP contribution >= 0.6 is 12.2 Å². The number of nitrogens with one attached hydrogen (secondary N) is 1. The van der Waals surface area contributed by atoms with Gasteiger partial charge in [-0.3, -0.25) is 0 Å². The van der Waals surface area contributed by atoms with Crippen LogP contribution < -0.4 is 5.32 Å². The number of anilines is 1. The number of hydrogen-bond donors (Lipinski definition) is 1. The molecule has 18 heavy (non-hydrogen) atoms. The Kier molecular flexibility index (Phi) is 4.59. The van der Waals surface area contributed by atoms with E-state index < -0.39 is 0 Å². The van der Waals surface area contributed by atoms with Crippen LogP contribution in [0.15, 0.2) is 24.3 Å².